The summed E-state index contributed by atoms with van der Waals surface area (Å²) in [6.45, 7) is 7.04. The fraction of sp³-hybridized carbons (Fsp3) is 0.280. The van der Waals surface area contributed by atoms with Gasteiger partial charge in [0.25, 0.3) is 0 Å². The van der Waals surface area contributed by atoms with Crippen LogP contribution in [0.2, 0.25) is 10.0 Å². The zero-order valence-electron chi connectivity index (χ0n) is 18.7. The number of benzene rings is 2. The van der Waals surface area contributed by atoms with Crippen LogP contribution in [0, 0.1) is 11.7 Å². The number of nitrogens with one attached hydrogen (secondary N) is 2. The van der Waals surface area contributed by atoms with Gasteiger partial charge in [0.05, 0.1) is 21.8 Å². The number of nitrogens with zero attached hydrogens (tertiary/aromatic N) is 3. The van der Waals surface area contributed by atoms with E-state index in [0.29, 0.717) is 57.8 Å². The second kappa shape index (κ2) is 11.0. The summed E-state index contributed by atoms with van der Waals surface area (Å²) in [5, 5.41) is 7.56. The molecule has 34 heavy (non-hydrogen) atoms. The third-order valence-corrected chi connectivity index (χ3v) is 6.44. The molecule has 9 heteroatoms. The average Bonchev–Trinajstić information content (AvgIpc) is 3.13. The van der Waals surface area contributed by atoms with E-state index in [0.717, 1.165) is 31.5 Å². The van der Waals surface area contributed by atoms with Crippen molar-refractivity contribution < 1.29 is 4.39 Å². The van der Waals surface area contributed by atoms with Gasteiger partial charge < -0.3 is 20.9 Å². The first-order valence-corrected chi connectivity index (χ1v) is 11.9. The number of nitrogens with two attached hydrogens (primary N) is 1. The Bertz CT molecular complexity index is 1160. The second-order valence-corrected chi connectivity index (χ2v) is 9.12. The van der Waals surface area contributed by atoms with Crippen molar-refractivity contribution in [3.63, 3.8) is 0 Å². The van der Waals surface area contributed by atoms with Crippen LogP contribution >= 0.6 is 23.2 Å². The summed E-state index contributed by atoms with van der Waals surface area (Å²) in [7, 11) is 0. The van der Waals surface area contributed by atoms with Gasteiger partial charge in [-0.3, -0.25) is 0 Å². The highest BCUT2D eigenvalue weighted by Crippen LogP contribution is 2.36. The Kier molecular flexibility index (Phi) is 7.88. The highest BCUT2D eigenvalue weighted by Gasteiger charge is 2.23. The SMILES string of the molecule is C=C(N=Cc1nc(-c2c(Cl)cccc2Cl)n(C[C@@H]2CCCNC2)c1N)NCc1ccc(F)cc1. The molecule has 0 amide bonds. The lowest BCUT2D eigenvalue weighted by Crippen LogP contribution is -2.32. The first-order valence-electron chi connectivity index (χ1n) is 11.1. The van der Waals surface area contributed by atoms with Gasteiger partial charge in [0.2, 0.25) is 0 Å². The van der Waals surface area contributed by atoms with Gasteiger partial charge in [0, 0.05) is 13.1 Å². The van der Waals surface area contributed by atoms with Crippen LogP contribution in [0.15, 0.2) is 59.9 Å². The largest absolute Gasteiger partial charge is 0.383 e. The van der Waals surface area contributed by atoms with Crippen LogP contribution in [0.1, 0.15) is 24.1 Å². The van der Waals surface area contributed by atoms with Gasteiger partial charge in [-0.05, 0) is 61.7 Å². The molecular formula is C25H27Cl2FN6. The third kappa shape index (κ3) is 5.78. The fourth-order valence-electron chi connectivity index (χ4n) is 4.00. The summed E-state index contributed by atoms with van der Waals surface area (Å²) in [5.41, 5.74) is 8.62. The molecule has 0 bridgehead atoms. The molecule has 178 valence electrons. The van der Waals surface area contributed by atoms with Crippen molar-refractivity contribution in [1.82, 2.24) is 20.2 Å². The molecule has 2 heterocycles. The number of imidazole rings is 1. The number of halogens is 3. The number of aliphatic imine (C=N–C) groups is 1. The first-order chi connectivity index (χ1) is 16.4. The number of rotatable bonds is 8. The number of hydrogen-bond donors (Lipinski definition) is 3. The minimum atomic E-state index is -0.273. The zero-order chi connectivity index (χ0) is 24.1. The fourth-order valence-corrected chi connectivity index (χ4v) is 4.56. The van der Waals surface area contributed by atoms with E-state index < -0.39 is 0 Å². The van der Waals surface area contributed by atoms with Crippen molar-refractivity contribution in [2.75, 3.05) is 18.8 Å². The van der Waals surface area contributed by atoms with Gasteiger partial charge in [-0.1, -0.05) is 48.0 Å². The predicted octanol–water partition coefficient (Wildman–Crippen LogP) is 5.26. The predicted molar refractivity (Wildman–Crippen MR) is 138 cm³/mol. The van der Waals surface area contributed by atoms with Crippen molar-refractivity contribution in [2.45, 2.75) is 25.9 Å². The number of aromatic nitrogens is 2. The molecule has 4 rings (SSSR count). The van der Waals surface area contributed by atoms with Crippen LogP contribution < -0.4 is 16.4 Å². The van der Waals surface area contributed by atoms with Gasteiger partial charge in [-0.15, -0.1) is 0 Å². The van der Waals surface area contributed by atoms with Crippen LogP contribution in [0.25, 0.3) is 11.4 Å². The maximum absolute atomic E-state index is 13.1. The van der Waals surface area contributed by atoms with Gasteiger partial charge in [-0.2, -0.15) is 0 Å². The Morgan fingerprint density at radius 2 is 2.00 bits per heavy atom. The van der Waals surface area contributed by atoms with E-state index in [1.54, 1.807) is 36.5 Å². The highest BCUT2D eigenvalue weighted by atomic mass is 35.5. The van der Waals surface area contributed by atoms with E-state index in [1.165, 1.54) is 12.1 Å². The molecule has 2 aromatic carbocycles. The van der Waals surface area contributed by atoms with Gasteiger partial charge >= 0.3 is 0 Å². The van der Waals surface area contributed by atoms with Gasteiger partial charge in [0.15, 0.2) is 0 Å². The van der Waals surface area contributed by atoms with Crippen molar-refractivity contribution in [1.29, 1.82) is 0 Å². The topological polar surface area (TPSA) is 80.3 Å². The zero-order valence-corrected chi connectivity index (χ0v) is 20.2. The summed E-state index contributed by atoms with van der Waals surface area (Å²) in [6, 6.07) is 11.6. The van der Waals surface area contributed by atoms with Crippen molar-refractivity contribution in [2.24, 2.45) is 10.9 Å². The lowest BCUT2D eigenvalue weighted by Gasteiger charge is -2.24. The number of piperidine rings is 1. The standard InChI is InChI=1S/C25H27Cl2FN6/c1-16(31-13-17-7-9-19(28)10-8-17)32-14-22-24(29)34(15-18-4-3-11-30-12-18)25(33-22)23-20(26)5-2-6-21(23)27/h2,5-10,14,18,30-31H,1,3-4,11-13,15,29H2/t18-/m1/s1. The minimum Gasteiger partial charge on any atom is -0.383 e. The van der Waals surface area contributed by atoms with E-state index >= 15 is 0 Å². The molecule has 0 unspecified atom stereocenters. The maximum atomic E-state index is 13.1. The molecule has 6 nitrogen and oxygen atoms in total. The molecule has 3 aromatic rings. The quantitative estimate of drug-likeness (QED) is 0.368. The first kappa shape index (κ1) is 24.3. The average molecular weight is 501 g/mol. The smallest absolute Gasteiger partial charge is 0.145 e. The van der Waals surface area contributed by atoms with Crippen LogP contribution in [-0.2, 0) is 13.1 Å². The summed E-state index contributed by atoms with van der Waals surface area (Å²) in [6.07, 6.45) is 3.81. The summed E-state index contributed by atoms with van der Waals surface area (Å²) in [5.74, 6) is 1.69. The molecule has 1 fully saturated rings. The van der Waals surface area contributed by atoms with Crippen LogP contribution in [-0.4, -0.2) is 28.9 Å². The molecule has 1 aromatic heterocycles. The Hall–Kier alpha value is -2.87. The summed E-state index contributed by atoms with van der Waals surface area (Å²) in [4.78, 5) is 9.14. The number of hydrogen-bond acceptors (Lipinski definition) is 5. The molecule has 0 aliphatic carbocycles. The highest BCUT2D eigenvalue weighted by molar-refractivity contribution is 6.39. The van der Waals surface area contributed by atoms with E-state index in [4.69, 9.17) is 33.9 Å². The normalized spacial score (nSPS) is 16.1. The molecule has 1 aliphatic rings. The lowest BCUT2D eigenvalue weighted by atomic mass is 9.99. The van der Waals surface area contributed by atoms with Gasteiger partial charge in [-0.25, -0.2) is 14.4 Å². The van der Waals surface area contributed by atoms with Crippen LogP contribution in [0.5, 0.6) is 0 Å². The van der Waals surface area contributed by atoms with E-state index in [9.17, 15) is 4.39 Å². The second-order valence-electron chi connectivity index (χ2n) is 8.31. The van der Waals surface area contributed by atoms with E-state index in [2.05, 4.69) is 22.2 Å². The molecule has 4 N–H and O–H groups in total. The monoisotopic (exact) mass is 500 g/mol. The molecule has 0 saturated carbocycles. The Labute approximate surface area is 208 Å². The minimum absolute atomic E-state index is 0.273. The third-order valence-electron chi connectivity index (χ3n) is 5.81. The summed E-state index contributed by atoms with van der Waals surface area (Å²) < 4.78 is 15.1. The Morgan fingerprint density at radius 1 is 1.26 bits per heavy atom. The van der Waals surface area contributed by atoms with E-state index in [1.807, 2.05) is 4.57 Å². The molecule has 1 atom stereocenters. The van der Waals surface area contributed by atoms with Crippen molar-refractivity contribution in [3.8, 4) is 11.4 Å². The van der Waals surface area contributed by atoms with Crippen molar-refractivity contribution in [3.05, 3.63) is 82.0 Å². The maximum Gasteiger partial charge on any atom is 0.145 e. The molecular weight excluding hydrogens is 474 g/mol. The molecule has 0 radical (unpaired) electrons. The van der Waals surface area contributed by atoms with Crippen molar-refractivity contribution >= 4 is 35.2 Å². The Morgan fingerprint density at radius 3 is 2.68 bits per heavy atom. The molecule has 0 spiro atoms. The lowest BCUT2D eigenvalue weighted by molar-refractivity contribution is 0.340. The Balaban J connectivity index is 1.58. The number of nitrogen functional groups attached to an aromatic ring is 1. The van der Waals surface area contributed by atoms with Crippen LogP contribution in [0.4, 0.5) is 10.2 Å². The van der Waals surface area contributed by atoms with Gasteiger partial charge in [0.1, 0.15) is 29.0 Å². The van der Waals surface area contributed by atoms with E-state index in [-0.39, 0.29) is 5.82 Å². The van der Waals surface area contributed by atoms with Crippen LogP contribution in [0.3, 0.4) is 0 Å². The number of anilines is 1. The molecule has 1 saturated heterocycles. The summed E-state index contributed by atoms with van der Waals surface area (Å²) >= 11 is 13.0. The molecule has 1 aliphatic heterocycles.